The second-order valence-corrected chi connectivity index (χ2v) is 9.35. The fourth-order valence-electron chi connectivity index (χ4n) is 5.20. The fourth-order valence-corrected chi connectivity index (χ4v) is 5.20. The van der Waals surface area contributed by atoms with Gasteiger partial charge in [0.25, 0.3) is 0 Å². The van der Waals surface area contributed by atoms with E-state index in [1.807, 2.05) is 0 Å². The van der Waals surface area contributed by atoms with Gasteiger partial charge in [0.2, 0.25) is 0 Å². The van der Waals surface area contributed by atoms with Gasteiger partial charge in [0.05, 0.1) is 11.4 Å². The first kappa shape index (κ1) is 24.0. The van der Waals surface area contributed by atoms with Gasteiger partial charge < -0.3 is 4.90 Å². The average molecular weight is 456 g/mol. The highest BCUT2D eigenvalue weighted by Crippen LogP contribution is 2.38. The van der Waals surface area contributed by atoms with E-state index in [0.717, 1.165) is 25.1 Å². The highest BCUT2D eigenvalue weighted by atomic mass is 16.2. The van der Waals surface area contributed by atoms with Crippen molar-refractivity contribution >= 4 is 6.15 Å². The van der Waals surface area contributed by atoms with Crippen LogP contribution in [0, 0.1) is 6.92 Å². The zero-order chi connectivity index (χ0) is 23.8. The Bertz CT molecular complexity index is 1130. The molecular formula is C29H33N3O2. The molecule has 2 heterocycles. The van der Waals surface area contributed by atoms with Crippen LogP contribution in [0.4, 0.5) is 0 Å². The number of hydrogen-bond acceptors (Lipinski definition) is 5. The van der Waals surface area contributed by atoms with Crippen molar-refractivity contribution in [3.05, 3.63) is 82.4 Å². The molecule has 34 heavy (non-hydrogen) atoms. The van der Waals surface area contributed by atoms with Crippen molar-refractivity contribution in [2.24, 2.45) is 0 Å². The Labute approximate surface area is 202 Å². The van der Waals surface area contributed by atoms with E-state index in [4.69, 9.17) is 19.6 Å². The van der Waals surface area contributed by atoms with Gasteiger partial charge in [-0.25, -0.2) is 9.97 Å². The normalized spacial score (nSPS) is 14.5. The van der Waals surface area contributed by atoms with Gasteiger partial charge >= 0.3 is 6.15 Å². The Morgan fingerprint density at radius 3 is 2.47 bits per heavy atom. The van der Waals surface area contributed by atoms with Gasteiger partial charge in [-0.2, -0.15) is 9.59 Å². The van der Waals surface area contributed by atoms with Crippen LogP contribution in [0.5, 0.6) is 0 Å². The number of carbonyl (C=O) groups excluding carboxylic acids is 2. The molecule has 0 atom stereocenters. The van der Waals surface area contributed by atoms with Gasteiger partial charge in [0, 0.05) is 18.4 Å². The molecule has 1 aliphatic heterocycles. The zero-order valence-electron chi connectivity index (χ0n) is 20.1. The first-order chi connectivity index (χ1) is 16.7. The SMILES string of the molecule is Cc1ccc2c(c1)Cc1nc(Cc3ccccc3)nc(CCCCN3CCCCC3)c1-2.O=C=O. The summed E-state index contributed by atoms with van der Waals surface area (Å²) in [6.45, 7) is 5.99. The van der Waals surface area contributed by atoms with Crippen LogP contribution in [-0.4, -0.2) is 40.7 Å². The van der Waals surface area contributed by atoms with E-state index in [0.29, 0.717) is 0 Å². The minimum atomic E-state index is 0.250. The summed E-state index contributed by atoms with van der Waals surface area (Å²) in [6, 6.07) is 17.5. The predicted octanol–water partition coefficient (Wildman–Crippen LogP) is 5.17. The number of hydrogen-bond donors (Lipinski definition) is 0. The monoisotopic (exact) mass is 455 g/mol. The second-order valence-electron chi connectivity index (χ2n) is 9.35. The van der Waals surface area contributed by atoms with Gasteiger partial charge in [0.1, 0.15) is 5.82 Å². The number of piperidine rings is 1. The van der Waals surface area contributed by atoms with Crippen LogP contribution in [0.15, 0.2) is 48.5 Å². The minimum Gasteiger partial charge on any atom is -0.303 e. The number of benzene rings is 2. The summed E-state index contributed by atoms with van der Waals surface area (Å²) in [7, 11) is 0. The molecule has 1 saturated heterocycles. The summed E-state index contributed by atoms with van der Waals surface area (Å²) in [5.74, 6) is 0.973. The van der Waals surface area contributed by atoms with Crippen molar-refractivity contribution in [2.45, 2.75) is 58.3 Å². The summed E-state index contributed by atoms with van der Waals surface area (Å²) in [5.41, 5.74) is 9.19. The van der Waals surface area contributed by atoms with Crippen molar-refractivity contribution in [3.63, 3.8) is 0 Å². The molecule has 0 amide bonds. The molecular weight excluding hydrogens is 422 g/mol. The summed E-state index contributed by atoms with van der Waals surface area (Å²) < 4.78 is 0. The lowest BCUT2D eigenvalue weighted by molar-refractivity contribution is -0.191. The van der Waals surface area contributed by atoms with Crippen LogP contribution >= 0.6 is 0 Å². The van der Waals surface area contributed by atoms with Crippen LogP contribution < -0.4 is 0 Å². The first-order valence-corrected chi connectivity index (χ1v) is 12.4. The number of rotatable bonds is 7. The molecule has 1 aromatic heterocycles. The lowest BCUT2D eigenvalue weighted by atomic mass is 10.0. The summed E-state index contributed by atoms with van der Waals surface area (Å²) in [4.78, 5) is 29.1. The van der Waals surface area contributed by atoms with Crippen LogP contribution in [0.2, 0.25) is 0 Å². The highest BCUT2D eigenvalue weighted by molar-refractivity contribution is 5.77. The smallest absolute Gasteiger partial charge is 0.303 e. The molecule has 5 nitrogen and oxygen atoms in total. The Morgan fingerprint density at radius 1 is 0.941 bits per heavy atom. The third-order valence-corrected chi connectivity index (χ3v) is 6.78. The first-order valence-electron chi connectivity index (χ1n) is 12.4. The maximum atomic E-state index is 8.12. The van der Waals surface area contributed by atoms with Gasteiger partial charge in [-0.3, -0.25) is 0 Å². The molecule has 176 valence electrons. The number of fused-ring (bicyclic) bond motifs is 3. The number of unbranched alkanes of at least 4 members (excludes halogenated alkanes) is 1. The fraction of sp³-hybridized carbons (Fsp3) is 0.414. The maximum absolute atomic E-state index is 8.12. The van der Waals surface area contributed by atoms with Crippen LogP contribution in [0.3, 0.4) is 0 Å². The summed E-state index contributed by atoms with van der Waals surface area (Å²) in [6.07, 6.45) is 9.67. The van der Waals surface area contributed by atoms with E-state index in [1.165, 1.54) is 90.9 Å². The number of aromatic nitrogens is 2. The van der Waals surface area contributed by atoms with Crippen molar-refractivity contribution < 1.29 is 9.59 Å². The average Bonchev–Trinajstić information content (AvgIpc) is 3.21. The zero-order valence-corrected chi connectivity index (χ0v) is 20.1. The van der Waals surface area contributed by atoms with Gasteiger partial charge in [0.15, 0.2) is 0 Å². The molecule has 0 bridgehead atoms. The quantitative estimate of drug-likeness (QED) is 0.360. The Kier molecular flexibility index (Phi) is 8.35. The van der Waals surface area contributed by atoms with E-state index in [9.17, 15) is 0 Å². The van der Waals surface area contributed by atoms with Crippen LogP contribution in [-0.2, 0) is 28.9 Å². The molecule has 1 fully saturated rings. The highest BCUT2D eigenvalue weighted by Gasteiger charge is 2.25. The van der Waals surface area contributed by atoms with Crippen molar-refractivity contribution in [3.8, 4) is 11.1 Å². The van der Waals surface area contributed by atoms with Gasteiger partial charge in [-0.1, -0.05) is 60.5 Å². The topological polar surface area (TPSA) is 63.2 Å². The molecule has 0 spiro atoms. The summed E-state index contributed by atoms with van der Waals surface area (Å²) >= 11 is 0. The number of likely N-dealkylation sites (tertiary alicyclic amines) is 1. The van der Waals surface area contributed by atoms with Gasteiger partial charge in [-0.15, -0.1) is 0 Å². The predicted molar refractivity (Wildman–Crippen MR) is 132 cm³/mol. The molecule has 1 aliphatic carbocycles. The second kappa shape index (κ2) is 11.8. The van der Waals surface area contributed by atoms with E-state index >= 15 is 0 Å². The van der Waals surface area contributed by atoms with Crippen LogP contribution in [0.1, 0.15) is 66.0 Å². The summed E-state index contributed by atoms with van der Waals surface area (Å²) in [5, 5.41) is 0. The largest absolute Gasteiger partial charge is 0.373 e. The molecule has 0 unspecified atom stereocenters. The Morgan fingerprint density at radius 2 is 1.71 bits per heavy atom. The van der Waals surface area contributed by atoms with Gasteiger partial charge in [-0.05, 0) is 75.4 Å². The van der Waals surface area contributed by atoms with Crippen molar-refractivity contribution in [2.75, 3.05) is 19.6 Å². The lowest BCUT2D eigenvalue weighted by Gasteiger charge is -2.26. The molecule has 5 rings (SSSR count). The maximum Gasteiger partial charge on any atom is 0.373 e. The molecule has 2 aromatic carbocycles. The standard InChI is InChI=1S/C28H33N3.CO2/c1-21-13-14-24-23(18-21)20-26-28(24)25(12-6-9-17-31-15-7-3-8-16-31)29-27(30-26)19-22-10-4-2-5-11-22;2-1-3/h2,4-5,10-11,13-14,18H,3,6-9,12,15-17,19-20H2,1H3;. The Balaban J connectivity index is 0.000000868. The van der Waals surface area contributed by atoms with Crippen molar-refractivity contribution in [1.29, 1.82) is 0 Å². The molecule has 0 radical (unpaired) electrons. The number of aryl methyl sites for hydroxylation is 2. The lowest BCUT2D eigenvalue weighted by Crippen LogP contribution is -2.30. The molecule has 3 aromatic rings. The molecule has 0 saturated carbocycles. The van der Waals surface area contributed by atoms with E-state index in [-0.39, 0.29) is 6.15 Å². The third kappa shape index (κ3) is 6.05. The Hall–Kier alpha value is -3.14. The molecule has 0 N–H and O–H groups in total. The minimum absolute atomic E-state index is 0.250. The van der Waals surface area contributed by atoms with E-state index < -0.39 is 0 Å². The molecule has 5 heteroatoms. The number of nitrogens with zero attached hydrogens (tertiary/aromatic N) is 3. The van der Waals surface area contributed by atoms with E-state index in [1.54, 1.807) is 0 Å². The van der Waals surface area contributed by atoms with Crippen LogP contribution in [0.25, 0.3) is 11.1 Å². The van der Waals surface area contributed by atoms with Crippen molar-refractivity contribution in [1.82, 2.24) is 14.9 Å². The molecule has 2 aliphatic rings. The van der Waals surface area contributed by atoms with E-state index in [2.05, 4.69) is 60.4 Å². The third-order valence-electron chi connectivity index (χ3n) is 6.78.